The van der Waals surface area contributed by atoms with E-state index >= 15 is 0 Å². The van der Waals surface area contributed by atoms with Gasteiger partial charge in [0.05, 0.1) is 12.3 Å². The van der Waals surface area contributed by atoms with Crippen molar-refractivity contribution in [2.75, 3.05) is 0 Å². The smallest absolute Gasteiger partial charge is 0.353 e. The number of alkyl halides is 3. The fourth-order valence-electron chi connectivity index (χ4n) is 2.06. The second kappa shape index (κ2) is 5.03. The first-order valence-electron chi connectivity index (χ1n) is 5.42. The van der Waals surface area contributed by atoms with Crippen molar-refractivity contribution in [3.05, 3.63) is 0 Å². The molecule has 1 rings (SSSR count). The zero-order valence-corrected chi connectivity index (χ0v) is 9.18. The van der Waals surface area contributed by atoms with Gasteiger partial charge in [-0.25, -0.2) is 0 Å². The Morgan fingerprint density at radius 2 is 2.12 bits per heavy atom. The van der Waals surface area contributed by atoms with Gasteiger partial charge in [-0.3, -0.25) is 4.79 Å². The van der Waals surface area contributed by atoms with Gasteiger partial charge in [-0.05, 0) is 19.8 Å². The lowest BCUT2D eigenvalue weighted by molar-refractivity contribution is -0.142. The molecular formula is C10H17F3N2O. The minimum absolute atomic E-state index is 0.210. The minimum Gasteiger partial charge on any atom is -0.353 e. The highest BCUT2D eigenvalue weighted by molar-refractivity contribution is 5.79. The van der Waals surface area contributed by atoms with Crippen LogP contribution in [0.3, 0.4) is 0 Å². The summed E-state index contributed by atoms with van der Waals surface area (Å²) in [6.07, 6.45) is -2.93. The van der Waals surface area contributed by atoms with E-state index in [4.69, 9.17) is 5.73 Å². The number of nitrogens with one attached hydrogen (secondary N) is 1. The summed E-state index contributed by atoms with van der Waals surface area (Å²) >= 11 is 0. The van der Waals surface area contributed by atoms with Crippen LogP contribution in [0.5, 0.6) is 0 Å². The minimum atomic E-state index is -4.25. The average Bonchev–Trinajstić information content (AvgIpc) is 2.47. The van der Waals surface area contributed by atoms with Crippen LogP contribution in [0.1, 0.15) is 32.6 Å². The van der Waals surface area contributed by atoms with Gasteiger partial charge in [0.15, 0.2) is 0 Å². The first-order valence-corrected chi connectivity index (χ1v) is 5.42. The van der Waals surface area contributed by atoms with E-state index in [1.165, 1.54) is 6.92 Å². The van der Waals surface area contributed by atoms with Gasteiger partial charge in [0.1, 0.15) is 0 Å². The van der Waals surface area contributed by atoms with E-state index in [1.807, 2.05) is 0 Å². The van der Waals surface area contributed by atoms with Crippen molar-refractivity contribution in [1.82, 2.24) is 5.32 Å². The fourth-order valence-corrected chi connectivity index (χ4v) is 2.06. The lowest BCUT2D eigenvalue weighted by Gasteiger charge is -2.20. The van der Waals surface area contributed by atoms with Crippen molar-refractivity contribution < 1.29 is 18.0 Å². The molecule has 16 heavy (non-hydrogen) atoms. The molecule has 3 unspecified atom stereocenters. The van der Waals surface area contributed by atoms with Gasteiger partial charge < -0.3 is 11.1 Å². The fraction of sp³-hybridized carbons (Fsp3) is 0.900. The van der Waals surface area contributed by atoms with E-state index in [2.05, 4.69) is 5.32 Å². The van der Waals surface area contributed by atoms with Crippen molar-refractivity contribution in [1.29, 1.82) is 0 Å². The van der Waals surface area contributed by atoms with Crippen molar-refractivity contribution in [2.24, 2.45) is 11.7 Å². The molecule has 1 amide bonds. The van der Waals surface area contributed by atoms with Crippen LogP contribution in [0.25, 0.3) is 0 Å². The Hall–Kier alpha value is -0.780. The highest BCUT2D eigenvalue weighted by Gasteiger charge is 2.34. The van der Waals surface area contributed by atoms with Gasteiger partial charge in [-0.2, -0.15) is 13.2 Å². The molecule has 1 aliphatic rings. The largest absolute Gasteiger partial charge is 0.391 e. The molecule has 0 aliphatic heterocycles. The molecule has 1 saturated carbocycles. The molecule has 0 radical (unpaired) electrons. The lowest BCUT2D eigenvalue weighted by atomic mass is 10.0. The van der Waals surface area contributed by atoms with Crippen LogP contribution in [0.4, 0.5) is 13.2 Å². The molecule has 0 saturated heterocycles. The van der Waals surface area contributed by atoms with E-state index in [1.54, 1.807) is 0 Å². The van der Waals surface area contributed by atoms with Crippen LogP contribution in [0.15, 0.2) is 0 Å². The number of nitrogens with two attached hydrogens (primary N) is 1. The maximum absolute atomic E-state index is 12.0. The Bertz CT molecular complexity index is 255. The van der Waals surface area contributed by atoms with Crippen LogP contribution in [0, 0.1) is 5.92 Å². The SMILES string of the molecule is CC(CC(F)(F)F)NC(=O)C1CCCC1N. The van der Waals surface area contributed by atoms with E-state index in [0.717, 1.165) is 12.8 Å². The van der Waals surface area contributed by atoms with Crippen LogP contribution < -0.4 is 11.1 Å². The summed E-state index contributed by atoms with van der Waals surface area (Å²) in [5, 5.41) is 2.37. The Labute approximate surface area is 92.6 Å². The molecule has 3 N–H and O–H groups in total. The zero-order chi connectivity index (χ0) is 12.3. The van der Waals surface area contributed by atoms with E-state index in [-0.39, 0.29) is 17.9 Å². The van der Waals surface area contributed by atoms with E-state index in [9.17, 15) is 18.0 Å². The Morgan fingerprint density at radius 1 is 1.50 bits per heavy atom. The Balaban J connectivity index is 2.39. The first kappa shape index (κ1) is 13.3. The first-order chi connectivity index (χ1) is 7.29. The van der Waals surface area contributed by atoms with Gasteiger partial charge in [0.2, 0.25) is 5.91 Å². The molecule has 3 nitrogen and oxygen atoms in total. The molecule has 1 aliphatic carbocycles. The maximum Gasteiger partial charge on any atom is 0.391 e. The van der Waals surface area contributed by atoms with Gasteiger partial charge in [0.25, 0.3) is 0 Å². The normalized spacial score (nSPS) is 27.8. The molecule has 6 heteroatoms. The number of carbonyl (C=O) groups excluding carboxylic acids is 1. The van der Waals surface area contributed by atoms with Crippen molar-refractivity contribution in [2.45, 2.75) is 50.9 Å². The number of hydrogen-bond acceptors (Lipinski definition) is 2. The van der Waals surface area contributed by atoms with E-state index < -0.39 is 18.6 Å². The highest BCUT2D eigenvalue weighted by Crippen LogP contribution is 2.25. The number of hydrogen-bond donors (Lipinski definition) is 2. The maximum atomic E-state index is 12.0. The number of rotatable bonds is 3. The summed E-state index contributed by atoms with van der Waals surface area (Å²) in [5.74, 6) is -0.669. The van der Waals surface area contributed by atoms with Gasteiger partial charge in [0, 0.05) is 12.1 Å². The summed E-state index contributed by atoms with van der Waals surface area (Å²) in [6.45, 7) is 1.35. The molecule has 0 aromatic carbocycles. The number of halogens is 3. The molecule has 0 aromatic heterocycles. The quantitative estimate of drug-likeness (QED) is 0.784. The topological polar surface area (TPSA) is 55.1 Å². The summed E-state index contributed by atoms with van der Waals surface area (Å²) in [7, 11) is 0. The third kappa shape index (κ3) is 4.00. The Kier molecular flexibility index (Phi) is 4.18. The summed E-state index contributed by atoms with van der Waals surface area (Å²) < 4.78 is 36.1. The second-order valence-corrected chi connectivity index (χ2v) is 4.43. The van der Waals surface area contributed by atoms with Crippen molar-refractivity contribution >= 4 is 5.91 Å². The highest BCUT2D eigenvalue weighted by atomic mass is 19.4. The van der Waals surface area contributed by atoms with Crippen molar-refractivity contribution in [3.8, 4) is 0 Å². The molecule has 94 valence electrons. The summed E-state index contributed by atoms with van der Waals surface area (Å²) in [4.78, 5) is 11.6. The predicted molar refractivity (Wildman–Crippen MR) is 53.6 cm³/mol. The molecule has 0 spiro atoms. The molecule has 0 heterocycles. The average molecular weight is 238 g/mol. The third-order valence-corrected chi connectivity index (χ3v) is 2.83. The van der Waals surface area contributed by atoms with Crippen molar-refractivity contribution in [3.63, 3.8) is 0 Å². The summed E-state index contributed by atoms with van der Waals surface area (Å²) in [6, 6.07) is -1.10. The lowest BCUT2D eigenvalue weighted by Crippen LogP contribution is -2.43. The molecule has 3 atom stereocenters. The summed E-state index contributed by atoms with van der Waals surface area (Å²) in [5.41, 5.74) is 5.70. The molecule has 0 bridgehead atoms. The van der Waals surface area contributed by atoms with Crippen LogP contribution in [-0.4, -0.2) is 24.2 Å². The molecule has 0 aromatic rings. The number of amides is 1. The molecule has 1 fully saturated rings. The zero-order valence-electron chi connectivity index (χ0n) is 9.18. The standard InChI is InChI=1S/C10H17F3N2O/c1-6(5-10(11,12)13)15-9(16)7-3-2-4-8(7)14/h6-8H,2-5,14H2,1H3,(H,15,16). The van der Waals surface area contributed by atoms with E-state index in [0.29, 0.717) is 6.42 Å². The third-order valence-electron chi connectivity index (χ3n) is 2.83. The molecular weight excluding hydrogens is 221 g/mol. The second-order valence-electron chi connectivity index (χ2n) is 4.43. The number of carbonyl (C=O) groups is 1. The van der Waals surface area contributed by atoms with Gasteiger partial charge in [-0.1, -0.05) is 6.42 Å². The Morgan fingerprint density at radius 3 is 2.56 bits per heavy atom. The monoisotopic (exact) mass is 238 g/mol. The van der Waals surface area contributed by atoms with Crippen LogP contribution >= 0.6 is 0 Å². The predicted octanol–water partition coefficient (Wildman–Crippen LogP) is 1.57. The van der Waals surface area contributed by atoms with Gasteiger partial charge in [-0.15, -0.1) is 0 Å². The van der Waals surface area contributed by atoms with Gasteiger partial charge >= 0.3 is 6.18 Å². The van der Waals surface area contributed by atoms with Crippen LogP contribution in [0.2, 0.25) is 0 Å². The van der Waals surface area contributed by atoms with Crippen LogP contribution in [-0.2, 0) is 4.79 Å².